The minimum atomic E-state index is -0.364. The third kappa shape index (κ3) is 6.94. The van der Waals surface area contributed by atoms with Gasteiger partial charge in [0.25, 0.3) is 0 Å². The Morgan fingerprint density at radius 2 is 1.03 bits per heavy atom. The standard InChI is InChI=1S/C26H22N2O4S2/c29-25(31-13-9-19-11-15-33-17-19)21-1-5-23(6-2-21)27-28-24-7-3-22(4-8-24)26(30)32-14-10-20-12-16-34-18-20/h1-8,11-12,15-18H,9-10,13-14H2. The fourth-order valence-electron chi connectivity index (χ4n) is 3.00. The van der Waals surface area contributed by atoms with Gasteiger partial charge in [-0.15, -0.1) is 0 Å². The zero-order chi connectivity index (χ0) is 23.6. The second kappa shape index (κ2) is 12.0. The number of carbonyl (C=O) groups is 2. The molecule has 172 valence electrons. The van der Waals surface area contributed by atoms with Gasteiger partial charge in [0.2, 0.25) is 0 Å². The second-order valence-corrected chi connectivity index (χ2v) is 8.89. The number of hydrogen-bond donors (Lipinski definition) is 0. The Balaban J connectivity index is 1.24. The highest BCUT2D eigenvalue weighted by Gasteiger charge is 2.08. The first kappa shape index (κ1) is 23.5. The first-order chi connectivity index (χ1) is 16.7. The van der Waals surface area contributed by atoms with Crippen LogP contribution < -0.4 is 0 Å². The molecule has 0 atom stereocenters. The summed E-state index contributed by atoms with van der Waals surface area (Å²) in [4.78, 5) is 24.3. The van der Waals surface area contributed by atoms with E-state index in [9.17, 15) is 9.59 Å². The minimum absolute atomic E-state index is 0.342. The molecule has 2 aromatic heterocycles. The predicted octanol–water partition coefficient (Wildman–Crippen LogP) is 7.02. The molecule has 0 bridgehead atoms. The maximum Gasteiger partial charge on any atom is 0.338 e. The van der Waals surface area contributed by atoms with Gasteiger partial charge in [-0.05, 0) is 93.3 Å². The van der Waals surface area contributed by atoms with E-state index >= 15 is 0 Å². The normalized spacial score (nSPS) is 10.9. The van der Waals surface area contributed by atoms with Crippen LogP contribution in [-0.4, -0.2) is 25.2 Å². The molecule has 0 aliphatic rings. The van der Waals surface area contributed by atoms with Gasteiger partial charge in [0.15, 0.2) is 0 Å². The largest absolute Gasteiger partial charge is 0.462 e. The van der Waals surface area contributed by atoms with Crippen molar-refractivity contribution in [3.05, 3.63) is 104 Å². The predicted molar refractivity (Wildman–Crippen MR) is 134 cm³/mol. The van der Waals surface area contributed by atoms with Crippen LogP contribution in [0.2, 0.25) is 0 Å². The number of thiophene rings is 2. The van der Waals surface area contributed by atoms with E-state index in [1.807, 2.05) is 33.7 Å². The summed E-state index contributed by atoms with van der Waals surface area (Å²) in [5, 5.41) is 16.5. The summed E-state index contributed by atoms with van der Waals surface area (Å²) in [6.45, 7) is 0.685. The lowest BCUT2D eigenvalue weighted by Gasteiger charge is -2.04. The van der Waals surface area contributed by atoms with Crippen LogP contribution in [0.4, 0.5) is 11.4 Å². The van der Waals surface area contributed by atoms with Gasteiger partial charge < -0.3 is 9.47 Å². The van der Waals surface area contributed by atoms with Crippen molar-refractivity contribution in [1.82, 2.24) is 0 Å². The van der Waals surface area contributed by atoms with Crippen molar-refractivity contribution < 1.29 is 19.1 Å². The number of azo groups is 1. The van der Waals surface area contributed by atoms with E-state index in [2.05, 4.69) is 10.2 Å². The molecular formula is C26H22N2O4S2. The average molecular weight is 491 g/mol. The van der Waals surface area contributed by atoms with Gasteiger partial charge in [-0.25, -0.2) is 9.59 Å². The zero-order valence-corrected chi connectivity index (χ0v) is 19.9. The molecule has 0 aliphatic carbocycles. The summed E-state index contributed by atoms with van der Waals surface area (Å²) in [5.41, 5.74) is 4.45. The van der Waals surface area contributed by atoms with Gasteiger partial charge >= 0.3 is 11.9 Å². The van der Waals surface area contributed by atoms with Gasteiger partial charge in [-0.3, -0.25) is 0 Å². The Bertz CT molecular complexity index is 1120. The maximum atomic E-state index is 12.2. The van der Waals surface area contributed by atoms with Crippen LogP contribution in [-0.2, 0) is 22.3 Å². The lowest BCUT2D eigenvalue weighted by molar-refractivity contribution is 0.0500. The van der Waals surface area contributed by atoms with Crippen molar-refractivity contribution in [3.63, 3.8) is 0 Å². The Morgan fingerprint density at radius 1 is 0.618 bits per heavy atom. The average Bonchev–Trinajstić information content (AvgIpc) is 3.58. The molecule has 8 heteroatoms. The van der Waals surface area contributed by atoms with E-state index in [1.54, 1.807) is 71.2 Å². The first-order valence-electron chi connectivity index (χ1n) is 10.7. The van der Waals surface area contributed by atoms with Crippen LogP contribution in [0.3, 0.4) is 0 Å². The van der Waals surface area contributed by atoms with E-state index in [4.69, 9.17) is 9.47 Å². The van der Waals surface area contributed by atoms with Crippen LogP contribution in [0.25, 0.3) is 0 Å². The number of rotatable bonds is 10. The van der Waals surface area contributed by atoms with Crippen LogP contribution in [0.15, 0.2) is 92.4 Å². The summed E-state index contributed by atoms with van der Waals surface area (Å²) in [6, 6.07) is 17.5. The third-order valence-electron chi connectivity index (χ3n) is 4.89. The number of carbonyl (C=O) groups excluding carboxylic acids is 2. The van der Waals surface area contributed by atoms with Crippen molar-refractivity contribution in [1.29, 1.82) is 0 Å². The van der Waals surface area contributed by atoms with E-state index < -0.39 is 0 Å². The third-order valence-corrected chi connectivity index (χ3v) is 6.36. The highest BCUT2D eigenvalue weighted by atomic mass is 32.1. The molecule has 0 amide bonds. The van der Waals surface area contributed by atoms with Crippen LogP contribution >= 0.6 is 22.7 Å². The Hall–Kier alpha value is -3.62. The second-order valence-electron chi connectivity index (χ2n) is 7.33. The number of nitrogens with zero attached hydrogens (tertiary/aromatic N) is 2. The maximum absolute atomic E-state index is 12.2. The van der Waals surface area contributed by atoms with Gasteiger partial charge in [-0.1, -0.05) is 0 Å². The van der Waals surface area contributed by atoms with Crippen LogP contribution in [0, 0.1) is 0 Å². The summed E-state index contributed by atoms with van der Waals surface area (Å²) >= 11 is 3.25. The van der Waals surface area contributed by atoms with Crippen LogP contribution in [0.1, 0.15) is 31.8 Å². The molecule has 0 radical (unpaired) electrons. The molecule has 0 fully saturated rings. The zero-order valence-electron chi connectivity index (χ0n) is 18.3. The van der Waals surface area contributed by atoms with Gasteiger partial charge in [0, 0.05) is 12.8 Å². The molecule has 0 saturated heterocycles. The molecule has 34 heavy (non-hydrogen) atoms. The number of benzene rings is 2. The molecule has 0 unspecified atom stereocenters. The quantitative estimate of drug-likeness (QED) is 0.177. The van der Waals surface area contributed by atoms with Crippen molar-refractivity contribution >= 4 is 46.0 Å². The van der Waals surface area contributed by atoms with E-state index in [0.717, 1.165) is 11.1 Å². The molecule has 6 nitrogen and oxygen atoms in total. The molecule has 2 heterocycles. The fraction of sp³-hybridized carbons (Fsp3) is 0.154. The van der Waals surface area contributed by atoms with Gasteiger partial charge in [0.05, 0.1) is 35.7 Å². The molecule has 0 N–H and O–H groups in total. The highest BCUT2D eigenvalue weighted by Crippen LogP contribution is 2.20. The molecule has 0 aliphatic heterocycles. The smallest absolute Gasteiger partial charge is 0.338 e. The Morgan fingerprint density at radius 3 is 1.38 bits per heavy atom. The SMILES string of the molecule is O=C(OCCc1ccsc1)c1ccc(N=Nc2ccc(C(=O)OCCc3ccsc3)cc2)cc1. The van der Waals surface area contributed by atoms with Gasteiger partial charge in [-0.2, -0.15) is 32.9 Å². The van der Waals surface area contributed by atoms with Crippen LogP contribution in [0.5, 0.6) is 0 Å². The van der Waals surface area contributed by atoms with E-state index in [-0.39, 0.29) is 11.9 Å². The van der Waals surface area contributed by atoms with Crippen molar-refractivity contribution in [2.24, 2.45) is 10.2 Å². The molecule has 2 aromatic carbocycles. The molecule has 4 aromatic rings. The molecule has 0 saturated carbocycles. The highest BCUT2D eigenvalue weighted by molar-refractivity contribution is 7.08. The molecular weight excluding hydrogens is 468 g/mol. The summed E-state index contributed by atoms with van der Waals surface area (Å²) in [5.74, 6) is -0.729. The lowest BCUT2D eigenvalue weighted by atomic mass is 10.2. The fourth-order valence-corrected chi connectivity index (χ4v) is 4.41. The monoisotopic (exact) mass is 490 g/mol. The number of hydrogen-bond acceptors (Lipinski definition) is 8. The molecule has 0 spiro atoms. The van der Waals surface area contributed by atoms with Crippen molar-refractivity contribution in [2.75, 3.05) is 13.2 Å². The first-order valence-corrected chi connectivity index (χ1v) is 12.5. The Labute approximate surface area is 205 Å². The lowest BCUT2D eigenvalue weighted by Crippen LogP contribution is -2.07. The van der Waals surface area contributed by atoms with E-state index in [1.165, 1.54) is 0 Å². The summed E-state index contributed by atoms with van der Waals surface area (Å²) in [7, 11) is 0. The van der Waals surface area contributed by atoms with Crippen molar-refractivity contribution in [3.8, 4) is 0 Å². The van der Waals surface area contributed by atoms with E-state index in [0.29, 0.717) is 48.6 Å². The Kier molecular flexibility index (Phi) is 8.32. The summed E-state index contributed by atoms with van der Waals surface area (Å²) in [6.07, 6.45) is 1.40. The minimum Gasteiger partial charge on any atom is -0.462 e. The topological polar surface area (TPSA) is 77.3 Å². The van der Waals surface area contributed by atoms with Gasteiger partial charge in [0.1, 0.15) is 0 Å². The summed E-state index contributed by atoms with van der Waals surface area (Å²) < 4.78 is 10.6. The number of ether oxygens (including phenoxy) is 2. The number of esters is 2. The van der Waals surface area contributed by atoms with Crippen molar-refractivity contribution in [2.45, 2.75) is 12.8 Å². The molecule has 4 rings (SSSR count).